The third-order valence-corrected chi connectivity index (χ3v) is 2.10. The molecule has 2 aromatic heterocycles. The highest BCUT2D eigenvalue weighted by atomic mass is 16.5. The van der Waals surface area contributed by atoms with Gasteiger partial charge in [0.15, 0.2) is 0 Å². The molecule has 0 atom stereocenters. The highest BCUT2D eigenvalue weighted by Gasteiger charge is 2.03. The zero-order chi connectivity index (χ0) is 11.4. The van der Waals surface area contributed by atoms with Crippen molar-refractivity contribution in [3.8, 4) is 0 Å². The molecule has 0 unspecified atom stereocenters. The second-order valence-electron chi connectivity index (χ2n) is 3.43. The highest BCUT2D eigenvalue weighted by molar-refractivity contribution is 5.08. The Morgan fingerprint density at radius 1 is 1.50 bits per heavy atom. The summed E-state index contributed by atoms with van der Waals surface area (Å²) in [6.45, 7) is 1.50. The van der Waals surface area contributed by atoms with E-state index in [1.165, 1.54) is 0 Å². The van der Waals surface area contributed by atoms with Gasteiger partial charge >= 0.3 is 0 Å². The number of aromatic nitrogens is 5. The maximum atomic E-state index is 5.45. The van der Waals surface area contributed by atoms with Gasteiger partial charge in [0.2, 0.25) is 0 Å². The zero-order valence-electron chi connectivity index (χ0n) is 9.05. The number of nitrogens with one attached hydrogen (secondary N) is 1. The largest absolute Gasteiger partial charge is 0.378 e. The SMILES string of the molecule is COCc1cc(Cn2cc(CN)nn2)n[nH]1. The molecule has 2 rings (SSSR count). The normalized spacial score (nSPS) is 10.9. The Labute approximate surface area is 92.6 Å². The van der Waals surface area contributed by atoms with Crippen LogP contribution in [0.3, 0.4) is 0 Å². The number of nitrogens with two attached hydrogens (primary N) is 1. The van der Waals surface area contributed by atoms with Crippen LogP contribution >= 0.6 is 0 Å². The van der Waals surface area contributed by atoms with E-state index in [0.29, 0.717) is 19.7 Å². The summed E-state index contributed by atoms with van der Waals surface area (Å²) in [5.74, 6) is 0. The van der Waals surface area contributed by atoms with E-state index in [1.54, 1.807) is 11.8 Å². The van der Waals surface area contributed by atoms with E-state index >= 15 is 0 Å². The van der Waals surface area contributed by atoms with E-state index in [0.717, 1.165) is 17.1 Å². The summed E-state index contributed by atoms with van der Waals surface area (Å²) >= 11 is 0. The minimum absolute atomic E-state index is 0.398. The highest BCUT2D eigenvalue weighted by Crippen LogP contribution is 2.03. The first-order valence-corrected chi connectivity index (χ1v) is 4.93. The molecule has 0 saturated carbocycles. The van der Waals surface area contributed by atoms with Crippen molar-refractivity contribution >= 4 is 0 Å². The van der Waals surface area contributed by atoms with Gasteiger partial charge in [-0.3, -0.25) is 5.10 Å². The van der Waals surface area contributed by atoms with Gasteiger partial charge in [-0.15, -0.1) is 5.10 Å². The fraction of sp³-hybridized carbons (Fsp3) is 0.444. The van der Waals surface area contributed by atoms with Crippen LogP contribution in [0.4, 0.5) is 0 Å². The lowest BCUT2D eigenvalue weighted by Gasteiger charge is -1.94. The van der Waals surface area contributed by atoms with Crippen molar-refractivity contribution in [2.45, 2.75) is 19.7 Å². The van der Waals surface area contributed by atoms with E-state index in [4.69, 9.17) is 10.5 Å². The molecule has 0 radical (unpaired) electrons. The van der Waals surface area contributed by atoms with Crippen LogP contribution in [0, 0.1) is 0 Å². The maximum absolute atomic E-state index is 5.45. The Morgan fingerprint density at radius 3 is 3.06 bits per heavy atom. The van der Waals surface area contributed by atoms with Gasteiger partial charge in [0.1, 0.15) is 0 Å². The summed E-state index contributed by atoms with van der Waals surface area (Å²) in [6, 6.07) is 1.94. The topological polar surface area (TPSA) is 94.6 Å². The van der Waals surface area contributed by atoms with Crippen LogP contribution in [-0.4, -0.2) is 32.3 Å². The summed E-state index contributed by atoms with van der Waals surface area (Å²) in [5, 5.41) is 14.9. The summed E-state index contributed by atoms with van der Waals surface area (Å²) in [4.78, 5) is 0. The molecule has 86 valence electrons. The van der Waals surface area contributed by atoms with Crippen LogP contribution < -0.4 is 5.73 Å². The molecule has 0 fully saturated rings. The monoisotopic (exact) mass is 222 g/mol. The average molecular weight is 222 g/mol. The Kier molecular flexibility index (Phi) is 3.28. The third kappa shape index (κ3) is 2.44. The number of nitrogens with zero attached hydrogens (tertiary/aromatic N) is 4. The fourth-order valence-corrected chi connectivity index (χ4v) is 1.40. The molecular weight excluding hydrogens is 208 g/mol. The number of ether oxygens (including phenoxy) is 1. The standard InChI is InChI=1S/C9H14N6O/c1-16-6-8-2-7(11-12-8)4-15-5-9(3-10)13-14-15/h2,5H,3-4,6,10H2,1H3,(H,11,12). The Balaban J connectivity index is 2.02. The van der Waals surface area contributed by atoms with Gasteiger partial charge in [-0.05, 0) is 6.07 Å². The lowest BCUT2D eigenvalue weighted by molar-refractivity contribution is 0.181. The van der Waals surface area contributed by atoms with Crippen LogP contribution in [0.5, 0.6) is 0 Å². The molecule has 0 spiro atoms. The Hall–Kier alpha value is -1.73. The lowest BCUT2D eigenvalue weighted by Crippen LogP contribution is -2.00. The Bertz CT molecular complexity index is 448. The molecule has 7 nitrogen and oxygen atoms in total. The molecule has 16 heavy (non-hydrogen) atoms. The quantitative estimate of drug-likeness (QED) is 0.721. The minimum Gasteiger partial charge on any atom is -0.378 e. The van der Waals surface area contributed by atoms with Crippen molar-refractivity contribution in [1.82, 2.24) is 25.2 Å². The van der Waals surface area contributed by atoms with Gasteiger partial charge in [-0.2, -0.15) is 5.10 Å². The third-order valence-electron chi connectivity index (χ3n) is 2.10. The zero-order valence-corrected chi connectivity index (χ0v) is 9.05. The molecule has 2 aromatic rings. The van der Waals surface area contributed by atoms with Crippen LogP contribution in [0.15, 0.2) is 12.3 Å². The molecule has 2 heterocycles. The van der Waals surface area contributed by atoms with Crippen LogP contribution in [-0.2, 0) is 24.4 Å². The first-order chi connectivity index (χ1) is 7.81. The van der Waals surface area contributed by atoms with Crippen molar-refractivity contribution in [1.29, 1.82) is 0 Å². The predicted molar refractivity (Wildman–Crippen MR) is 56.3 cm³/mol. The summed E-state index contributed by atoms with van der Waals surface area (Å²) in [6.07, 6.45) is 1.81. The van der Waals surface area contributed by atoms with Crippen molar-refractivity contribution in [3.63, 3.8) is 0 Å². The lowest BCUT2D eigenvalue weighted by atomic mass is 10.3. The van der Waals surface area contributed by atoms with Gasteiger partial charge in [0.25, 0.3) is 0 Å². The van der Waals surface area contributed by atoms with Gasteiger partial charge in [-0.25, -0.2) is 4.68 Å². The maximum Gasteiger partial charge on any atom is 0.0962 e. The van der Waals surface area contributed by atoms with E-state index < -0.39 is 0 Å². The second kappa shape index (κ2) is 4.86. The van der Waals surface area contributed by atoms with E-state index in [2.05, 4.69) is 20.5 Å². The molecule has 0 aromatic carbocycles. The van der Waals surface area contributed by atoms with Gasteiger partial charge in [-0.1, -0.05) is 5.21 Å². The van der Waals surface area contributed by atoms with E-state index in [-0.39, 0.29) is 0 Å². The van der Waals surface area contributed by atoms with Gasteiger partial charge in [0, 0.05) is 13.7 Å². The van der Waals surface area contributed by atoms with Crippen LogP contribution in [0.1, 0.15) is 17.1 Å². The number of aromatic amines is 1. The van der Waals surface area contributed by atoms with E-state index in [9.17, 15) is 0 Å². The van der Waals surface area contributed by atoms with Crippen molar-refractivity contribution in [2.75, 3.05) is 7.11 Å². The molecule has 0 aliphatic carbocycles. The number of H-pyrrole nitrogens is 1. The second-order valence-corrected chi connectivity index (χ2v) is 3.43. The number of rotatable bonds is 5. The molecule has 3 N–H and O–H groups in total. The molecular formula is C9H14N6O. The first-order valence-electron chi connectivity index (χ1n) is 4.93. The number of hydrogen-bond donors (Lipinski definition) is 2. The van der Waals surface area contributed by atoms with Crippen molar-refractivity contribution in [2.24, 2.45) is 5.73 Å². The molecule has 0 amide bonds. The fourth-order valence-electron chi connectivity index (χ4n) is 1.40. The summed E-state index contributed by atoms with van der Waals surface area (Å²) in [5.41, 5.74) is 8.05. The molecule has 0 bridgehead atoms. The van der Waals surface area contributed by atoms with Gasteiger partial charge < -0.3 is 10.5 Å². The van der Waals surface area contributed by atoms with Crippen LogP contribution in [0.2, 0.25) is 0 Å². The summed E-state index contributed by atoms with van der Waals surface area (Å²) < 4.78 is 6.69. The molecule has 0 saturated heterocycles. The van der Waals surface area contributed by atoms with E-state index in [1.807, 2.05) is 12.3 Å². The minimum atomic E-state index is 0.398. The average Bonchev–Trinajstić information content (AvgIpc) is 2.89. The molecule has 0 aliphatic rings. The number of methoxy groups -OCH3 is 1. The molecule has 0 aliphatic heterocycles. The van der Waals surface area contributed by atoms with Crippen LogP contribution in [0.25, 0.3) is 0 Å². The van der Waals surface area contributed by atoms with Crippen molar-refractivity contribution in [3.05, 3.63) is 29.3 Å². The van der Waals surface area contributed by atoms with Gasteiger partial charge in [0.05, 0.1) is 36.4 Å². The van der Waals surface area contributed by atoms with Crippen molar-refractivity contribution < 1.29 is 4.74 Å². The predicted octanol–water partition coefficient (Wildman–Crippen LogP) is -0.345. The smallest absolute Gasteiger partial charge is 0.0962 e. The molecule has 7 heteroatoms. The Morgan fingerprint density at radius 2 is 2.38 bits per heavy atom. The number of hydrogen-bond acceptors (Lipinski definition) is 5. The first kappa shape index (κ1) is 10.8. The summed E-state index contributed by atoms with van der Waals surface area (Å²) in [7, 11) is 1.64.